The molecule has 0 aliphatic carbocycles. The fourth-order valence-electron chi connectivity index (χ4n) is 2.98. The molecule has 24 heavy (non-hydrogen) atoms. The number of aliphatic carboxylic acids is 1. The van der Waals surface area contributed by atoms with Crippen LogP contribution in [-0.2, 0) is 17.6 Å². The number of hydrogen-bond donors (Lipinski definition) is 2. The number of hydrogen-bond acceptors (Lipinski definition) is 2. The fourth-order valence-corrected chi connectivity index (χ4v) is 2.98. The average Bonchev–Trinajstić information content (AvgIpc) is 2.93. The number of benzene rings is 2. The van der Waals surface area contributed by atoms with Crippen molar-refractivity contribution < 1.29 is 14.6 Å². The van der Waals surface area contributed by atoms with Gasteiger partial charge in [0.2, 0.25) is 0 Å². The van der Waals surface area contributed by atoms with Gasteiger partial charge in [0.15, 0.2) is 0 Å². The number of aromatic amines is 1. The molecule has 0 atom stereocenters. The highest BCUT2D eigenvalue weighted by atomic mass is 16.5. The predicted molar refractivity (Wildman–Crippen MR) is 95.6 cm³/mol. The maximum Gasteiger partial charge on any atom is 0.307 e. The zero-order chi connectivity index (χ0) is 17.1. The van der Waals surface area contributed by atoms with Gasteiger partial charge in [-0.3, -0.25) is 4.79 Å². The van der Waals surface area contributed by atoms with Crippen LogP contribution in [0.3, 0.4) is 0 Å². The molecule has 0 aliphatic rings. The summed E-state index contributed by atoms with van der Waals surface area (Å²) in [7, 11) is 0. The van der Waals surface area contributed by atoms with Gasteiger partial charge >= 0.3 is 5.97 Å². The first-order valence-corrected chi connectivity index (χ1v) is 8.20. The van der Waals surface area contributed by atoms with Gasteiger partial charge in [-0.1, -0.05) is 13.0 Å². The lowest BCUT2D eigenvalue weighted by Gasteiger charge is -2.06. The molecule has 0 unspecified atom stereocenters. The number of ether oxygens (including phenoxy) is 1. The summed E-state index contributed by atoms with van der Waals surface area (Å²) in [5.74, 6) is -0.0181. The third-order valence-corrected chi connectivity index (χ3v) is 4.16. The van der Waals surface area contributed by atoms with Gasteiger partial charge in [-0.05, 0) is 66.4 Å². The van der Waals surface area contributed by atoms with Crippen LogP contribution in [0.2, 0.25) is 0 Å². The maximum atomic E-state index is 11.4. The van der Waals surface area contributed by atoms with Crippen molar-refractivity contribution in [1.82, 2.24) is 4.98 Å². The van der Waals surface area contributed by atoms with Crippen LogP contribution < -0.4 is 4.74 Å². The van der Waals surface area contributed by atoms with Crippen molar-refractivity contribution >= 4 is 16.9 Å². The van der Waals surface area contributed by atoms with Gasteiger partial charge in [0.1, 0.15) is 5.75 Å². The Bertz CT molecular complexity index is 862. The van der Waals surface area contributed by atoms with E-state index in [9.17, 15) is 9.90 Å². The van der Waals surface area contributed by atoms with E-state index < -0.39 is 5.97 Å². The predicted octanol–water partition coefficient (Wildman–Crippen LogP) is 4.42. The van der Waals surface area contributed by atoms with E-state index >= 15 is 0 Å². The van der Waals surface area contributed by atoms with E-state index in [1.807, 2.05) is 37.3 Å². The fraction of sp³-hybridized carbons (Fsp3) is 0.250. The number of carboxylic acid groups (broad SMARTS) is 1. The van der Waals surface area contributed by atoms with Crippen LogP contribution in [0, 0.1) is 0 Å². The van der Waals surface area contributed by atoms with Crippen molar-refractivity contribution in [1.29, 1.82) is 0 Å². The van der Waals surface area contributed by atoms with Crippen molar-refractivity contribution in [3.63, 3.8) is 0 Å². The summed E-state index contributed by atoms with van der Waals surface area (Å²) in [6.07, 6.45) is 0.918. The monoisotopic (exact) mass is 323 g/mol. The lowest BCUT2D eigenvalue weighted by molar-refractivity contribution is -0.136. The highest BCUT2D eigenvalue weighted by Gasteiger charge is 2.16. The zero-order valence-corrected chi connectivity index (χ0v) is 13.9. The second-order valence-corrected chi connectivity index (χ2v) is 5.74. The van der Waals surface area contributed by atoms with E-state index in [-0.39, 0.29) is 6.42 Å². The normalized spacial score (nSPS) is 10.9. The third-order valence-electron chi connectivity index (χ3n) is 4.16. The molecule has 1 heterocycles. The molecule has 2 N–H and O–H groups in total. The smallest absolute Gasteiger partial charge is 0.307 e. The SMILES string of the molecule is CCOc1ccc(-c2[nH]c3ccc(CC)cc3c2CC(=O)O)cc1. The van der Waals surface area contributed by atoms with Gasteiger partial charge in [-0.25, -0.2) is 0 Å². The molecule has 0 spiro atoms. The van der Waals surface area contributed by atoms with Crippen LogP contribution in [0.5, 0.6) is 5.75 Å². The second-order valence-electron chi connectivity index (χ2n) is 5.74. The van der Waals surface area contributed by atoms with Crippen molar-refractivity contribution in [2.75, 3.05) is 6.61 Å². The topological polar surface area (TPSA) is 62.3 Å². The quantitative estimate of drug-likeness (QED) is 0.705. The van der Waals surface area contributed by atoms with E-state index in [2.05, 4.69) is 24.0 Å². The van der Waals surface area contributed by atoms with Crippen molar-refractivity contribution in [2.24, 2.45) is 0 Å². The largest absolute Gasteiger partial charge is 0.494 e. The molecule has 0 fully saturated rings. The number of carboxylic acids is 1. The van der Waals surface area contributed by atoms with Gasteiger partial charge in [0.05, 0.1) is 18.7 Å². The van der Waals surface area contributed by atoms with Crippen molar-refractivity contribution in [3.8, 4) is 17.0 Å². The number of aromatic nitrogens is 1. The summed E-state index contributed by atoms with van der Waals surface area (Å²) in [5.41, 5.74) is 4.82. The highest BCUT2D eigenvalue weighted by Crippen LogP contribution is 2.32. The van der Waals surface area contributed by atoms with Crippen LogP contribution >= 0.6 is 0 Å². The molecule has 0 bridgehead atoms. The van der Waals surface area contributed by atoms with Crippen molar-refractivity contribution in [3.05, 3.63) is 53.6 Å². The molecule has 2 aromatic carbocycles. The molecule has 4 heteroatoms. The minimum Gasteiger partial charge on any atom is -0.494 e. The lowest BCUT2D eigenvalue weighted by Crippen LogP contribution is -2.01. The molecule has 3 aromatic rings. The second kappa shape index (κ2) is 6.79. The lowest BCUT2D eigenvalue weighted by atomic mass is 10.0. The Balaban J connectivity index is 2.13. The highest BCUT2D eigenvalue weighted by molar-refractivity contribution is 5.94. The molecule has 3 rings (SSSR count). The number of H-pyrrole nitrogens is 1. The van der Waals surface area contributed by atoms with E-state index in [0.717, 1.165) is 39.9 Å². The molecular weight excluding hydrogens is 302 g/mol. The molecule has 124 valence electrons. The molecule has 0 radical (unpaired) electrons. The van der Waals surface area contributed by atoms with Gasteiger partial charge < -0.3 is 14.8 Å². The zero-order valence-electron chi connectivity index (χ0n) is 13.9. The number of rotatable bonds is 6. The summed E-state index contributed by atoms with van der Waals surface area (Å²) in [5, 5.41) is 10.3. The Morgan fingerprint density at radius 3 is 2.50 bits per heavy atom. The number of carbonyl (C=O) groups is 1. The first-order chi connectivity index (χ1) is 11.6. The van der Waals surface area contributed by atoms with Crippen molar-refractivity contribution in [2.45, 2.75) is 26.7 Å². The van der Waals surface area contributed by atoms with Crippen LogP contribution in [0.25, 0.3) is 22.2 Å². The van der Waals surface area contributed by atoms with Gasteiger partial charge in [0.25, 0.3) is 0 Å². The molecule has 0 saturated carbocycles. The number of fused-ring (bicyclic) bond motifs is 1. The average molecular weight is 323 g/mol. The van der Waals surface area contributed by atoms with E-state index in [0.29, 0.717) is 6.61 Å². The molecular formula is C20H21NO3. The maximum absolute atomic E-state index is 11.4. The van der Waals surface area contributed by atoms with E-state index in [4.69, 9.17) is 4.74 Å². The van der Waals surface area contributed by atoms with Crippen LogP contribution in [-0.4, -0.2) is 22.7 Å². The van der Waals surface area contributed by atoms with Gasteiger partial charge in [-0.2, -0.15) is 0 Å². The standard InChI is InChI=1S/C20H21NO3/c1-3-13-5-10-18-16(11-13)17(12-19(22)23)20(21-18)14-6-8-15(9-7-14)24-4-2/h5-11,21H,3-4,12H2,1-2H3,(H,22,23). The number of aryl methyl sites for hydroxylation is 1. The summed E-state index contributed by atoms with van der Waals surface area (Å²) >= 11 is 0. The minimum atomic E-state index is -0.829. The van der Waals surface area contributed by atoms with Gasteiger partial charge in [0, 0.05) is 10.9 Å². The van der Waals surface area contributed by atoms with Crippen LogP contribution in [0.4, 0.5) is 0 Å². The Kier molecular flexibility index (Phi) is 4.56. The van der Waals surface area contributed by atoms with Gasteiger partial charge in [-0.15, -0.1) is 0 Å². The summed E-state index contributed by atoms with van der Waals surface area (Å²) in [6, 6.07) is 13.9. The Hall–Kier alpha value is -2.75. The number of nitrogens with one attached hydrogen (secondary N) is 1. The summed E-state index contributed by atoms with van der Waals surface area (Å²) in [4.78, 5) is 14.7. The summed E-state index contributed by atoms with van der Waals surface area (Å²) < 4.78 is 5.48. The molecule has 0 saturated heterocycles. The Labute approximate surface area is 141 Å². The Morgan fingerprint density at radius 1 is 1.12 bits per heavy atom. The van der Waals surface area contributed by atoms with Crippen LogP contribution in [0.1, 0.15) is 25.0 Å². The molecule has 0 amide bonds. The Morgan fingerprint density at radius 2 is 1.88 bits per heavy atom. The van der Waals surface area contributed by atoms with E-state index in [1.165, 1.54) is 5.56 Å². The van der Waals surface area contributed by atoms with E-state index in [1.54, 1.807) is 0 Å². The third kappa shape index (κ3) is 3.13. The first kappa shape index (κ1) is 16.1. The minimum absolute atomic E-state index is 0.00425. The first-order valence-electron chi connectivity index (χ1n) is 8.20. The molecule has 4 nitrogen and oxygen atoms in total. The molecule has 0 aliphatic heterocycles. The van der Waals surface area contributed by atoms with Crippen LogP contribution in [0.15, 0.2) is 42.5 Å². The summed E-state index contributed by atoms with van der Waals surface area (Å²) in [6.45, 7) is 4.66. The molecule has 1 aromatic heterocycles.